The number of hydrogen-bond donors (Lipinski definition) is 1. The average Bonchev–Trinajstić information content (AvgIpc) is 2.84. The van der Waals surface area contributed by atoms with Crippen molar-refractivity contribution < 1.29 is 14.6 Å². The second kappa shape index (κ2) is 6.19. The molecule has 0 unspecified atom stereocenters. The number of ether oxygens (including phenoxy) is 1. The maximum absolute atomic E-state index is 10.4. The van der Waals surface area contributed by atoms with Crippen LogP contribution in [-0.2, 0) is 17.8 Å². The molecule has 0 fully saturated rings. The lowest BCUT2D eigenvalue weighted by molar-refractivity contribution is -0.304. The molecule has 0 saturated carbocycles. The molecule has 0 aliphatic carbocycles. The predicted molar refractivity (Wildman–Crippen MR) is 71.1 cm³/mol. The average molecular weight is 277 g/mol. The van der Waals surface area contributed by atoms with Crippen molar-refractivity contribution in [1.29, 1.82) is 0 Å². The summed E-state index contributed by atoms with van der Waals surface area (Å²) < 4.78 is 5.08. The van der Waals surface area contributed by atoms with E-state index in [1.165, 1.54) is 11.3 Å². The smallest absolute Gasteiger partial charge is 0.183 e. The number of aliphatic carboxylic acids is 1. The van der Waals surface area contributed by atoms with E-state index in [4.69, 9.17) is 4.74 Å². The second-order valence-corrected chi connectivity index (χ2v) is 4.75. The highest BCUT2D eigenvalue weighted by molar-refractivity contribution is 7.13. The van der Waals surface area contributed by atoms with Crippen molar-refractivity contribution >= 4 is 22.4 Å². The van der Waals surface area contributed by atoms with Crippen molar-refractivity contribution in [3.8, 4) is 5.75 Å². The molecule has 1 heterocycles. The van der Waals surface area contributed by atoms with E-state index < -0.39 is 5.97 Å². The van der Waals surface area contributed by atoms with Crippen LogP contribution in [0.4, 0.5) is 5.13 Å². The Balaban J connectivity index is 1.90. The van der Waals surface area contributed by atoms with Gasteiger partial charge in [0.15, 0.2) is 5.13 Å². The van der Waals surface area contributed by atoms with E-state index in [2.05, 4.69) is 10.3 Å². The minimum absolute atomic E-state index is 0.152. The molecule has 1 aromatic heterocycles. The van der Waals surface area contributed by atoms with Crippen molar-refractivity contribution in [3.05, 3.63) is 40.9 Å². The summed E-state index contributed by atoms with van der Waals surface area (Å²) in [4.78, 5) is 14.6. The zero-order chi connectivity index (χ0) is 13.7. The lowest BCUT2D eigenvalue weighted by atomic mass is 10.2. The summed E-state index contributed by atoms with van der Waals surface area (Å²) in [5.74, 6) is -0.304. The fourth-order valence-corrected chi connectivity index (χ4v) is 2.25. The van der Waals surface area contributed by atoms with Gasteiger partial charge in [-0.25, -0.2) is 4.98 Å². The third-order valence-electron chi connectivity index (χ3n) is 2.48. The van der Waals surface area contributed by atoms with Crippen LogP contribution in [0.15, 0.2) is 29.6 Å². The molecule has 1 aromatic carbocycles. The van der Waals surface area contributed by atoms with Crippen LogP contribution < -0.4 is 15.2 Å². The number of rotatable bonds is 6. The number of carbonyl (C=O) groups is 1. The fourth-order valence-electron chi connectivity index (χ4n) is 1.54. The number of nitrogens with one attached hydrogen (secondary N) is 1. The number of thiazole rings is 1. The van der Waals surface area contributed by atoms with E-state index in [0.717, 1.165) is 11.3 Å². The SMILES string of the molecule is COc1ccc(CNc2nc(CC(=O)[O-])cs2)cc1. The molecule has 0 aliphatic rings. The standard InChI is InChI=1S/C13H14N2O3S/c1-18-11-4-2-9(3-5-11)7-14-13-15-10(8-19-13)6-12(16)17/h2-5,8H,6-7H2,1H3,(H,14,15)(H,16,17)/p-1. The first-order valence-corrected chi connectivity index (χ1v) is 6.56. The van der Waals surface area contributed by atoms with Gasteiger partial charge in [0.05, 0.1) is 12.8 Å². The van der Waals surface area contributed by atoms with E-state index >= 15 is 0 Å². The molecule has 0 radical (unpaired) electrons. The number of aromatic nitrogens is 1. The first kappa shape index (κ1) is 13.4. The van der Waals surface area contributed by atoms with E-state index in [-0.39, 0.29) is 6.42 Å². The molecule has 0 atom stereocenters. The monoisotopic (exact) mass is 277 g/mol. The summed E-state index contributed by atoms with van der Waals surface area (Å²) in [6, 6.07) is 7.70. The van der Waals surface area contributed by atoms with Gasteiger partial charge in [-0.2, -0.15) is 0 Å². The number of anilines is 1. The molecule has 1 N–H and O–H groups in total. The third kappa shape index (κ3) is 3.96. The van der Waals surface area contributed by atoms with E-state index in [9.17, 15) is 9.90 Å². The van der Waals surface area contributed by atoms with Gasteiger partial charge in [-0.3, -0.25) is 0 Å². The molecular formula is C13H13N2O3S-. The van der Waals surface area contributed by atoms with Crippen molar-refractivity contribution in [1.82, 2.24) is 4.98 Å². The molecule has 6 heteroatoms. The summed E-state index contributed by atoms with van der Waals surface area (Å²) in [7, 11) is 1.63. The summed E-state index contributed by atoms with van der Waals surface area (Å²) in [5.41, 5.74) is 1.61. The predicted octanol–water partition coefficient (Wildman–Crippen LogP) is 1.06. The second-order valence-electron chi connectivity index (χ2n) is 3.89. The van der Waals surface area contributed by atoms with Crippen LogP contribution in [0.5, 0.6) is 5.75 Å². The lowest BCUT2D eigenvalue weighted by Gasteiger charge is -2.04. The van der Waals surface area contributed by atoms with Gasteiger partial charge in [-0.05, 0) is 17.7 Å². The highest BCUT2D eigenvalue weighted by Gasteiger charge is 2.02. The summed E-state index contributed by atoms with van der Waals surface area (Å²) in [6.07, 6.45) is -0.152. The summed E-state index contributed by atoms with van der Waals surface area (Å²) in [5, 5.41) is 16.0. The molecular weight excluding hydrogens is 264 g/mol. The molecule has 5 nitrogen and oxygen atoms in total. The molecule has 0 saturated heterocycles. The normalized spacial score (nSPS) is 10.2. The summed E-state index contributed by atoms with van der Waals surface area (Å²) >= 11 is 1.38. The van der Waals surface area contributed by atoms with Crippen LogP contribution in [0.3, 0.4) is 0 Å². The van der Waals surface area contributed by atoms with Crippen LogP contribution >= 0.6 is 11.3 Å². The van der Waals surface area contributed by atoms with E-state index in [1.54, 1.807) is 12.5 Å². The number of methoxy groups -OCH3 is 1. The number of carboxylic acids is 1. The van der Waals surface area contributed by atoms with Gasteiger partial charge >= 0.3 is 0 Å². The first-order chi connectivity index (χ1) is 9.17. The Bertz CT molecular complexity index is 551. The van der Waals surface area contributed by atoms with E-state index in [1.807, 2.05) is 24.3 Å². The Hall–Kier alpha value is -2.08. The van der Waals surface area contributed by atoms with Gasteiger partial charge in [0, 0.05) is 24.3 Å². The first-order valence-electron chi connectivity index (χ1n) is 5.68. The van der Waals surface area contributed by atoms with Crippen molar-refractivity contribution in [2.24, 2.45) is 0 Å². The Morgan fingerprint density at radius 2 is 2.16 bits per heavy atom. The summed E-state index contributed by atoms with van der Waals surface area (Å²) in [6.45, 7) is 0.627. The Labute approximate surface area is 114 Å². The van der Waals surface area contributed by atoms with E-state index in [0.29, 0.717) is 17.4 Å². The van der Waals surface area contributed by atoms with Crippen molar-refractivity contribution in [2.45, 2.75) is 13.0 Å². The highest BCUT2D eigenvalue weighted by Crippen LogP contribution is 2.17. The Kier molecular flexibility index (Phi) is 4.35. The molecule has 0 spiro atoms. The van der Waals surface area contributed by atoms with Crippen LogP contribution in [-0.4, -0.2) is 18.1 Å². The Morgan fingerprint density at radius 3 is 2.79 bits per heavy atom. The zero-order valence-corrected chi connectivity index (χ0v) is 11.2. The van der Waals surface area contributed by atoms with Gasteiger partial charge < -0.3 is 20.0 Å². The van der Waals surface area contributed by atoms with Gasteiger partial charge in [0.2, 0.25) is 0 Å². The van der Waals surface area contributed by atoms with Crippen molar-refractivity contribution in [2.75, 3.05) is 12.4 Å². The topological polar surface area (TPSA) is 74.3 Å². The molecule has 2 aromatic rings. The number of nitrogens with zero attached hydrogens (tertiary/aromatic N) is 1. The number of carbonyl (C=O) groups excluding carboxylic acids is 1. The third-order valence-corrected chi connectivity index (χ3v) is 3.33. The lowest BCUT2D eigenvalue weighted by Crippen LogP contribution is -2.24. The number of carboxylic acid groups (broad SMARTS) is 1. The van der Waals surface area contributed by atoms with Crippen LogP contribution in [0, 0.1) is 0 Å². The minimum Gasteiger partial charge on any atom is -0.550 e. The fraction of sp³-hybridized carbons (Fsp3) is 0.231. The maximum Gasteiger partial charge on any atom is 0.183 e. The van der Waals surface area contributed by atoms with Gasteiger partial charge in [-0.1, -0.05) is 12.1 Å². The van der Waals surface area contributed by atoms with Gasteiger partial charge in [0.1, 0.15) is 5.75 Å². The zero-order valence-electron chi connectivity index (χ0n) is 10.4. The number of benzene rings is 1. The highest BCUT2D eigenvalue weighted by atomic mass is 32.1. The van der Waals surface area contributed by atoms with Crippen molar-refractivity contribution in [3.63, 3.8) is 0 Å². The van der Waals surface area contributed by atoms with Crippen LogP contribution in [0.25, 0.3) is 0 Å². The quantitative estimate of drug-likeness (QED) is 0.854. The maximum atomic E-state index is 10.4. The minimum atomic E-state index is -1.12. The Morgan fingerprint density at radius 1 is 1.42 bits per heavy atom. The van der Waals surface area contributed by atoms with Gasteiger partial charge in [-0.15, -0.1) is 11.3 Å². The van der Waals surface area contributed by atoms with Gasteiger partial charge in [0.25, 0.3) is 0 Å². The molecule has 0 bridgehead atoms. The largest absolute Gasteiger partial charge is 0.550 e. The molecule has 2 rings (SSSR count). The molecule has 100 valence electrons. The number of hydrogen-bond acceptors (Lipinski definition) is 6. The molecule has 0 amide bonds. The molecule has 0 aliphatic heterocycles. The van der Waals surface area contributed by atoms with Crippen LogP contribution in [0.1, 0.15) is 11.3 Å². The van der Waals surface area contributed by atoms with Crippen LogP contribution in [0.2, 0.25) is 0 Å². The molecule has 19 heavy (non-hydrogen) atoms.